The van der Waals surface area contributed by atoms with E-state index in [9.17, 15) is 9.59 Å². The number of likely N-dealkylation sites (tertiary alicyclic amines) is 1. The molecule has 0 aromatic heterocycles. The maximum atomic E-state index is 12.8. The number of carbonyl (C=O) groups is 2. The molecule has 0 saturated carbocycles. The molecule has 1 unspecified atom stereocenters. The summed E-state index contributed by atoms with van der Waals surface area (Å²) in [5, 5.41) is 0.484. The van der Waals surface area contributed by atoms with Crippen LogP contribution in [-0.4, -0.2) is 67.6 Å². The number of carbonyl (C=O) groups excluding carboxylic acids is 2. The van der Waals surface area contributed by atoms with Crippen molar-refractivity contribution in [1.82, 2.24) is 9.80 Å². The molecule has 0 aliphatic carbocycles. The van der Waals surface area contributed by atoms with Gasteiger partial charge in [-0.2, -0.15) is 0 Å². The number of ether oxygens (including phenoxy) is 2. The predicted octanol–water partition coefficient (Wildman–Crippen LogP) is 3.74. The molecule has 2 amide bonds. The molecule has 31 heavy (non-hydrogen) atoms. The molecule has 2 heterocycles. The fourth-order valence-electron chi connectivity index (χ4n) is 4.05. The van der Waals surface area contributed by atoms with Crippen LogP contribution in [0.15, 0.2) is 48.5 Å². The van der Waals surface area contributed by atoms with E-state index in [0.29, 0.717) is 55.6 Å². The topological polar surface area (TPSA) is 59.1 Å². The van der Waals surface area contributed by atoms with Gasteiger partial charge in [0.1, 0.15) is 5.75 Å². The predicted molar refractivity (Wildman–Crippen MR) is 119 cm³/mol. The van der Waals surface area contributed by atoms with Crippen LogP contribution in [0.4, 0.5) is 0 Å². The van der Waals surface area contributed by atoms with Gasteiger partial charge in [0.25, 0.3) is 11.8 Å². The highest BCUT2D eigenvalue weighted by molar-refractivity contribution is 6.33. The lowest BCUT2D eigenvalue weighted by molar-refractivity contribution is 0.0303. The van der Waals surface area contributed by atoms with E-state index in [4.69, 9.17) is 21.1 Å². The molecule has 0 bridgehead atoms. The van der Waals surface area contributed by atoms with Crippen molar-refractivity contribution in [2.45, 2.75) is 12.8 Å². The molecule has 1 atom stereocenters. The Morgan fingerprint density at radius 2 is 1.71 bits per heavy atom. The van der Waals surface area contributed by atoms with Crippen LogP contribution >= 0.6 is 11.6 Å². The second-order valence-electron chi connectivity index (χ2n) is 7.98. The first-order chi connectivity index (χ1) is 15.1. The summed E-state index contributed by atoms with van der Waals surface area (Å²) in [6.07, 6.45) is 1.96. The number of benzene rings is 2. The lowest BCUT2D eigenvalue weighted by Crippen LogP contribution is -2.41. The SMILES string of the molecule is O=C(c1ccc(OCC2CCCN(C(=O)c3ccccc3Cl)C2)cc1)N1CCOCC1. The minimum Gasteiger partial charge on any atom is -0.493 e. The molecule has 0 N–H and O–H groups in total. The summed E-state index contributed by atoms with van der Waals surface area (Å²) < 4.78 is 11.3. The number of nitrogens with zero attached hydrogens (tertiary/aromatic N) is 2. The van der Waals surface area contributed by atoms with Gasteiger partial charge in [0.15, 0.2) is 0 Å². The molecule has 6 nitrogen and oxygen atoms in total. The zero-order valence-electron chi connectivity index (χ0n) is 17.5. The molecule has 7 heteroatoms. The van der Waals surface area contributed by atoms with E-state index >= 15 is 0 Å². The van der Waals surface area contributed by atoms with Crippen molar-refractivity contribution >= 4 is 23.4 Å². The van der Waals surface area contributed by atoms with Crippen LogP contribution in [0.5, 0.6) is 5.75 Å². The maximum Gasteiger partial charge on any atom is 0.255 e. The first kappa shape index (κ1) is 21.7. The van der Waals surface area contributed by atoms with E-state index in [-0.39, 0.29) is 17.7 Å². The zero-order chi connectivity index (χ0) is 21.6. The summed E-state index contributed by atoms with van der Waals surface area (Å²) in [5.74, 6) is 0.986. The standard InChI is InChI=1S/C24H27ClN2O4/c25-22-6-2-1-5-21(22)24(29)27-11-3-4-18(16-27)17-31-20-9-7-19(8-10-20)23(28)26-12-14-30-15-13-26/h1-2,5-10,18H,3-4,11-17H2. The van der Waals surface area contributed by atoms with E-state index in [1.807, 2.05) is 34.1 Å². The Morgan fingerprint density at radius 1 is 0.968 bits per heavy atom. The van der Waals surface area contributed by atoms with Crippen LogP contribution in [-0.2, 0) is 4.74 Å². The summed E-state index contributed by atoms with van der Waals surface area (Å²) in [6, 6.07) is 14.5. The van der Waals surface area contributed by atoms with Crippen LogP contribution in [0.25, 0.3) is 0 Å². The summed E-state index contributed by atoms with van der Waals surface area (Å²) in [4.78, 5) is 29.0. The van der Waals surface area contributed by atoms with Crippen LogP contribution in [0.2, 0.25) is 5.02 Å². The minimum absolute atomic E-state index is 0.0239. The third kappa shape index (κ3) is 5.38. The van der Waals surface area contributed by atoms with Crippen molar-refractivity contribution in [2.24, 2.45) is 5.92 Å². The highest BCUT2D eigenvalue weighted by Gasteiger charge is 2.26. The smallest absolute Gasteiger partial charge is 0.255 e. The maximum absolute atomic E-state index is 12.8. The minimum atomic E-state index is -0.0266. The number of hydrogen-bond donors (Lipinski definition) is 0. The molecule has 0 radical (unpaired) electrons. The molecule has 2 saturated heterocycles. The van der Waals surface area contributed by atoms with Crippen molar-refractivity contribution in [3.63, 3.8) is 0 Å². The number of amides is 2. The van der Waals surface area contributed by atoms with Crippen LogP contribution in [0.1, 0.15) is 33.6 Å². The quantitative estimate of drug-likeness (QED) is 0.707. The number of morpholine rings is 1. The van der Waals surface area contributed by atoms with Crippen molar-refractivity contribution in [1.29, 1.82) is 0 Å². The average Bonchev–Trinajstić information content (AvgIpc) is 2.83. The Kier molecular flexibility index (Phi) is 7.10. The molecule has 4 rings (SSSR count). The first-order valence-corrected chi connectivity index (χ1v) is 11.1. The number of halogens is 1. The Hall–Kier alpha value is -2.57. The van der Waals surface area contributed by atoms with Crippen molar-refractivity contribution < 1.29 is 19.1 Å². The van der Waals surface area contributed by atoms with E-state index in [1.165, 1.54) is 0 Å². The van der Waals surface area contributed by atoms with E-state index in [2.05, 4.69) is 0 Å². The molecule has 2 aromatic rings. The number of rotatable bonds is 5. The van der Waals surface area contributed by atoms with Gasteiger partial charge in [-0.25, -0.2) is 0 Å². The lowest BCUT2D eigenvalue weighted by Gasteiger charge is -2.33. The van der Waals surface area contributed by atoms with Crippen molar-refractivity contribution in [2.75, 3.05) is 46.0 Å². The second-order valence-corrected chi connectivity index (χ2v) is 8.39. The molecule has 2 fully saturated rings. The van der Waals surface area contributed by atoms with Gasteiger partial charge in [-0.3, -0.25) is 9.59 Å². The van der Waals surface area contributed by atoms with Gasteiger partial charge >= 0.3 is 0 Å². The molecule has 0 spiro atoms. The highest BCUT2D eigenvalue weighted by Crippen LogP contribution is 2.23. The Morgan fingerprint density at radius 3 is 2.45 bits per heavy atom. The monoisotopic (exact) mass is 442 g/mol. The Bertz CT molecular complexity index is 912. The summed E-state index contributed by atoms with van der Waals surface area (Å²) in [7, 11) is 0. The zero-order valence-corrected chi connectivity index (χ0v) is 18.2. The van der Waals surface area contributed by atoms with Crippen LogP contribution < -0.4 is 4.74 Å². The third-order valence-corrected chi connectivity index (χ3v) is 6.13. The third-order valence-electron chi connectivity index (χ3n) is 5.80. The summed E-state index contributed by atoms with van der Waals surface area (Å²) in [5.41, 5.74) is 1.20. The van der Waals surface area contributed by atoms with Crippen molar-refractivity contribution in [3.8, 4) is 5.75 Å². The van der Waals surface area contributed by atoms with Gasteiger partial charge < -0.3 is 19.3 Å². The lowest BCUT2D eigenvalue weighted by atomic mass is 9.98. The summed E-state index contributed by atoms with van der Waals surface area (Å²) >= 11 is 6.20. The van der Waals surface area contributed by atoms with Gasteiger partial charge in [-0.1, -0.05) is 23.7 Å². The van der Waals surface area contributed by atoms with E-state index in [0.717, 1.165) is 25.1 Å². The molecule has 2 aromatic carbocycles. The van der Waals surface area contributed by atoms with Gasteiger partial charge in [0.2, 0.25) is 0 Å². The number of hydrogen-bond acceptors (Lipinski definition) is 4. The fourth-order valence-corrected chi connectivity index (χ4v) is 4.26. The second kappa shape index (κ2) is 10.2. The van der Waals surface area contributed by atoms with E-state index < -0.39 is 0 Å². The van der Waals surface area contributed by atoms with Gasteiger partial charge in [-0.05, 0) is 49.2 Å². The molecular weight excluding hydrogens is 416 g/mol. The largest absolute Gasteiger partial charge is 0.493 e. The average molecular weight is 443 g/mol. The summed E-state index contributed by atoms with van der Waals surface area (Å²) in [6.45, 7) is 4.35. The first-order valence-electron chi connectivity index (χ1n) is 10.8. The fraction of sp³-hybridized carbons (Fsp3) is 0.417. The van der Waals surface area contributed by atoms with Crippen molar-refractivity contribution in [3.05, 3.63) is 64.7 Å². The van der Waals surface area contributed by atoms with Crippen LogP contribution in [0, 0.1) is 5.92 Å². The molecule has 2 aliphatic rings. The Balaban J connectivity index is 1.30. The van der Waals surface area contributed by atoms with Gasteiger partial charge in [-0.15, -0.1) is 0 Å². The van der Waals surface area contributed by atoms with Gasteiger partial charge in [0, 0.05) is 37.7 Å². The molecule has 164 valence electrons. The molecule has 2 aliphatic heterocycles. The number of piperidine rings is 1. The van der Waals surface area contributed by atoms with E-state index in [1.54, 1.807) is 24.3 Å². The van der Waals surface area contributed by atoms with Crippen LogP contribution in [0.3, 0.4) is 0 Å². The molecular formula is C24H27ClN2O4. The Labute approximate surface area is 187 Å². The normalized spacial score (nSPS) is 19.2. The highest BCUT2D eigenvalue weighted by atomic mass is 35.5. The van der Waals surface area contributed by atoms with Gasteiger partial charge in [0.05, 0.1) is 30.4 Å².